The quantitative estimate of drug-likeness (QED) is 0.235. The number of fused-ring (bicyclic) bond motifs is 1. The van der Waals surface area contributed by atoms with Gasteiger partial charge in [-0.3, -0.25) is 4.99 Å². The van der Waals surface area contributed by atoms with Gasteiger partial charge in [-0.15, -0.1) is 30.6 Å². The Labute approximate surface area is 155 Å². The first-order valence-corrected chi connectivity index (χ1v) is 7.71. The third-order valence-electron chi connectivity index (χ3n) is 3.56. The number of aromatic nitrogens is 2. The molecular weight excluding hydrogens is 401 g/mol. The summed E-state index contributed by atoms with van der Waals surface area (Å²) in [6.45, 7) is 5.52. The van der Waals surface area contributed by atoms with E-state index in [4.69, 9.17) is 0 Å². The zero-order chi connectivity index (χ0) is 15.8. The number of rotatable bonds is 7. The molecule has 0 aliphatic rings. The summed E-state index contributed by atoms with van der Waals surface area (Å²) in [5.74, 6) is 1.92. The third kappa shape index (κ3) is 5.85. The minimum absolute atomic E-state index is 0. The minimum atomic E-state index is 0. The van der Waals surface area contributed by atoms with E-state index in [9.17, 15) is 0 Å². The van der Waals surface area contributed by atoms with E-state index in [0.29, 0.717) is 0 Å². The average Bonchev–Trinajstić information content (AvgIpc) is 2.94. The van der Waals surface area contributed by atoms with Gasteiger partial charge < -0.3 is 15.2 Å². The summed E-state index contributed by atoms with van der Waals surface area (Å²) in [6, 6.07) is 8.09. The highest BCUT2D eigenvalue weighted by Gasteiger charge is 2.06. The van der Waals surface area contributed by atoms with Crippen molar-refractivity contribution in [2.24, 2.45) is 4.99 Å². The maximum atomic E-state index is 4.58. The second-order valence-corrected chi connectivity index (χ2v) is 5.28. The van der Waals surface area contributed by atoms with E-state index >= 15 is 0 Å². The number of benzene rings is 1. The molecule has 0 saturated carbocycles. The maximum absolute atomic E-state index is 4.58. The number of unbranched alkanes of at least 4 members (excludes halogenated alkanes) is 1. The van der Waals surface area contributed by atoms with Crippen LogP contribution in [0.25, 0.3) is 11.0 Å². The smallest absolute Gasteiger partial charge is 0.193 e. The SMILES string of the molecule is C=CCCCN(C)C(=NC)NCCc1nc2ccccc2[nH]1.I. The summed E-state index contributed by atoms with van der Waals surface area (Å²) in [4.78, 5) is 14.4. The van der Waals surface area contributed by atoms with Crippen LogP contribution in [-0.4, -0.2) is 48.0 Å². The molecule has 0 aliphatic carbocycles. The van der Waals surface area contributed by atoms with Crippen molar-refractivity contribution in [1.29, 1.82) is 0 Å². The van der Waals surface area contributed by atoms with Crippen molar-refractivity contribution < 1.29 is 0 Å². The molecule has 126 valence electrons. The zero-order valence-electron chi connectivity index (χ0n) is 13.9. The van der Waals surface area contributed by atoms with Gasteiger partial charge in [-0.05, 0) is 25.0 Å². The van der Waals surface area contributed by atoms with E-state index in [-0.39, 0.29) is 24.0 Å². The van der Waals surface area contributed by atoms with Crippen molar-refractivity contribution in [2.75, 3.05) is 27.2 Å². The first-order valence-electron chi connectivity index (χ1n) is 7.71. The summed E-state index contributed by atoms with van der Waals surface area (Å²) >= 11 is 0. The fourth-order valence-corrected chi connectivity index (χ4v) is 2.38. The Balaban J connectivity index is 0.00000264. The normalized spacial score (nSPS) is 11.1. The highest BCUT2D eigenvalue weighted by atomic mass is 127. The molecule has 1 aromatic heterocycles. The number of hydrogen-bond donors (Lipinski definition) is 2. The molecule has 2 aromatic rings. The summed E-state index contributed by atoms with van der Waals surface area (Å²) in [5.41, 5.74) is 2.10. The molecule has 5 nitrogen and oxygen atoms in total. The first kappa shape index (κ1) is 19.5. The molecule has 23 heavy (non-hydrogen) atoms. The molecule has 2 rings (SSSR count). The van der Waals surface area contributed by atoms with Crippen molar-refractivity contribution in [1.82, 2.24) is 20.2 Å². The number of para-hydroxylation sites is 2. The molecule has 0 radical (unpaired) electrons. The Hall–Kier alpha value is -1.57. The average molecular weight is 427 g/mol. The Bertz CT molecular complexity index is 602. The fraction of sp³-hybridized carbons (Fsp3) is 0.412. The third-order valence-corrected chi connectivity index (χ3v) is 3.56. The molecule has 1 aromatic carbocycles. The van der Waals surface area contributed by atoms with Gasteiger partial charge in [0.15, 0.2) is 5.96 Å². The predicted molar refractivity (Wildman–Crippen MR) is 109 cm³/mol. The number of imidazole rings is 1. The summed E-state index contributed by atoms with van der Waals surface area (Å²) in [7, 11) is 3.87. The van der Waals surface area contributed by atoms with Crippen molar-refractivity contribution >= 4 is 41.0 Å². The van der Waals surface area contributed by atoms with Crippen LogP contribution in [-0.2, 0) is 6.42 Å². The number of aromatic amines is 1. The molecule has 0 unspecified atom stereocenters. The standard InChI is InChI=1S/C17H25N5.HI/c1-4-5-8-13-22(3)17(18-2)19-12-11-16-20-14-9-6-7-10-15(14)21-16;/h4,6-7,9-10H,1,5,8,11-13H2,2-3H3,(H,18,19)(H,20,21);1H. The summed E-state index contributed by atoms with van der Waals surface area (Å²) in [6.07, 6.45) is 4.91. The van der Waals surface area contributed by atoms with Crippen LogP contribution in [0.15, 0.2) is 41.9 Å². The van der Waals surface area contributed by atoms with Crippen molar-refractivity contribution in [3.05, 3.63) is 42.7 Å². The molecule has 0 bridgehead atoms. The second kappa shape index (κ2) is 10.3. The lowest BCUT2D eigenvalue weighted by atomic mass is 10.3. The highest BCUT2D eigenvalue weighted by molar-refractivity contribution is 14.0. The van der Waals surface area contributed by atoms with E-state index in [2.05, 4.69) is 38.8 Å². The van der Waals surface area contributed by atoms with Gasteiger partial charge in [0.05, 0.1) is 11.0 Å². The van der Waals surface area contributed by atoms with E-state index in [1.165, 1.54) is 0 Å². The van der Waals surface area contributed by atoms with Crippen LogP contribution in [0.1, 0.15) is 18.7 Å². The Morgan fingerprint density at radius 1 is 1.43 bits per heavy atom. The van der Waals surface area contributed by atoms with E-state index < -0.39 is 0 Å². The first-order chi connectivity index (χ1) is 10.7. The van der Waals surface area contributed by atoms with Gasteiger partial charge >= 0.3 is 0 Å². The lowest BCUT2D eigenvalue weighted by Crippen LogP contribution is -2.40. The van der Waals surface area contributed by atoms with Gasteiger partial charge in [0.1, 0.15) is 5.82 Å². The van der Waals surface area contributed by atoms with Gasteiger partial charge in [0.25, 0.3) is 0 Å². The number of nitrogens with one attached hydrogen (secondary N) is 2. The highest BCUT2D eigenvalue weighted by Crippen LogP contribution is 2.10. The van der Waals surface area contributed by atoms with Crippen LogP contribution >= 0.6 is 24.0 Å². The number of halogens is 1. The zero-order valence-corrected chi connectivity index (χ0v) is 16.2. The van der Waals surface area contributed by atoms with Crippen LogP contribution in [0, 0.1) is 0 Å². The van der Waals surface area contributed by atoms with Crippen molar-refractivity contribution in [2.45, 2.75) is 19.3 Å². The topological polar surface area (TPSA) is 56.3 Å². The van der Waals surface area contributed by atoms with Crippen LogP contribution in [0.2, 0.25) is 0 Å². The minimum Gasteiger partial charge on any atom is -0.356 e. The molecular formula is C17H26IN5. The van der Waals surface area contributed by atoms with E-state index in [0.717, 1.165) is 55.2 Å². The number of guanidine groups is 1. The molecule has 0 spiro atoms. The van der Waals surface area contributed by atoms with Crippen LogP contribution in [0.5, 0.6) is 0 Å². The molecule has 2 N–H and O–H groups in total. The van der Waals surface area contributed by atoms with Gasteiger partial charge in [-0.25, -0.2) is 4.98 Å². The fourth-order valence-electron chi connectivity index (χ4n) is 2.38. The Kier molecular flexibility index (Phi) is 8.68. The van der Waals surface area contributed by atoms with Gasteiger partial charge in [0.2, 0.25) is 0 Å². The van der Waals surface area contributed by atoms with Gasteiger partial charge in [-0.2, -0.15) is 0 Å². The number of allylic oxidation sites excluding steroid dienone is 1. The Morgan fingerprint density at radius 2 is 2.22 bits per heavy atom. The van der Waals surface area contributed by atoms with Crippen LogP contribution in [0.4, 0.5) is 0 Å². The molecule has 0 saturated heterocycles. The van der Waals surface area contributed by atoms with Crippen LogP contribution in [0.3, 0.4) is 0 Å². The Morgan fingerprint density at radius 3 is 2.91 bits per heavy atom. The molecule has 0 fully saturated rings. The molecule has 0 atom stereocenters. The maximum Gasteiger partial charge on any atom is 0.193 e. The largest absolute Gasteiger partial charge is 0.356 e. The number of hydrogen-bond acceptors (Lipinski definition) is 2. The molecule has 1 heterocycles. The number of aliphatic imine (C=N–C) groups is 1. The molecule has 6 heteroatoms. The molecule has 0 aliphatic heterocycles. The monoisotopic (exact) mass is 427 g/mol. The van der Waals surface area contributed by atoms with Gasteiger partial charge in [0, 0.05) is 33.6 Å². The lowest BCUT2D eigenvalue weighted by molar-refractivity contribution is 0.470. The lowest BCUT2D eigenvalue weighted by Gasteiger charge is -2.21. The molecule has 0 amide bonds. The summed E-state index contributed by atoms with van der Waals surface area (Å²) in [5, 5.41) is 3.38. The number of H-pyrrole nitrogens is 1. The van der Waals surface area contributed by atoms with Crippen LogP contribution < -0.4 is 5.32 Å². The van der Waals surface area contributed by atoms with E-state index in [1.54, 1.807) is 0 Å². The van der Waals surface area contributed by atoms with Crippen molar-refractivity contribution in [3.63, 3.8) is 0 Å². The summed E-state index contributed by atoms with van der Waals surface area (Å²) < 4.78 is 0. The van der Waals surface area contributed by atoms with Gasteiger partial charge in [-0.1, -0.05) is 18.2 Å². The second-order valence-electron chi connectivity index (χ2n) is 5.28. The number of nitrogens with zero attached hydrogens (tertiary/aromatic N) is 3. The predicted octanol–water partition coefficient (Wildman–Crippen LogP) is 3.20. The van der Waals surface area contributed by atoms with E-state index in [1.807, 2.05) is 37.4 Å². The van der Waals surface area contributed by atoms with Crippen molar-refractivity contribution in [3.8, 4) is 0 Å².